The van der Waals surface area contributed by atoms with Gasteiger partial charge in [0.15, 0.2) is 5.78 Å². The van der Waals surface area contributed by atoms with Crippen LogP contribution in [-0.2, 0) is 16.9 Å². The highest BCUT2D eigenvalue weighted by atomic mass is 16.5. The number of Topliss-reactive ketones (excluding diaryl/α,β-unsaturated/α-hetero) is 1. The van der Waals surface area contributed by atoms with Gasteiger partial charge in [-0.3, -0.25) is 9.69 Å². The molecule has 0 atom stereocenters. The number of rotatable bonds is 9. The number of hydrogen-bond acceptors (Lipinski definition) is 5. The van der Waals surface area contributed by atoms with Crippen molar-refractivity contribution in [2.24, 2.45) is 5.41 Å². The van der Waals surface area contributed by atoms with Crippen molar-refractivity contribution >= 4 is 11.8 Å². The minimum atomic E-state index is -0.504. The van der Waals surface area contributed by atoms with Gasteiger partial charge in [-0.05, 0) is 75.9 Å². The van der Waals surface area contributed by atoms with E-state index in [1.54, 1.807) is 7.11 Å². The summed E-state index contributed by atoms with van der Waals surface area (Å²) < 4.78 is 5.29. The summed E-state index contributed by atoms with van der Waals surface area (Å²) in [7, 11) is 5.92. The lowest BCUT2D eigenvalue weighted by molar-refractivity contribution is -0.121. The lowest BCUT2D eigenvalue weighted by atomic mass is 9.68. The van der Waals surface area contributed by atoms with E-state index in [9.17, 15) is 14.9 Å². The highest BCUT2D eigenvalue weighted by Crippen LogP contribution is 2.50. The second kappa shape index (κ2) is 10.1. The molecule has 0 unspecified atom stereocenters. The first-order chi connectivity index (χ1) is 18.2. The Kier molecular flexibility index (Phi) is 6.96. The number of ketones is 1. The van der Waals surface area contributed by atoms with Crippen LogP contribution in [0.15, 0.2) is 54.6 Å². The summed E-state index contributed by atoms with van der Waals surface area (Å²) in [5.74, 6) is 0.778. The fourth-order valence-electron chi connectivity index (χ4n) is 6.58. The predicted octanol–water partition coefficient (Wildman–Crippen LogP) is 4.97. The van der Waals surface area contributed by atoms with Crippen LogP contribution in [0.5, 0.6) is 5.75 Å². The van der Waals surface area contributed by atoms with Crippen molar-refractivity contribution in [3.63, 3.8) is 0 Å². The van der Waals surface area contributed by atoms with Crippen LogP contribution >= 0.6 is 0 Å². The van der Waals surface area contributed by atoms with Crippen LogP contribution in [0.3, 0.4) is 0 Å². The standard InChI is InChI=1S/C31H38N4O3/c1-33(2)31(25-7-5-4-6-8-25)17-15-30(16-18-31)23-34(20-24-9-11-27(38-3)12-10-24)28(37)35(30)21-26(36)19-29(22-32)13-14-29/h4-12H,13-21,23H2,1-3H3. The van der Waals surface area contributed by atoms with Gasteiger partial charge in [-0.25, -0.2) is 4.79 Å². The number of amides is 2. The van der Waals surface area contributed by atoms with E-state index >= 15 is 0 Å². The van der Waals surface area contributed by atoms with Crippen molar-refractivity contribution in [1.82, 2.24) is 14.7 Å². The van der Waals surface area contributed by atoms with Crippen LogP contribution in [0.4, 0.5) is 4.79 Å². The summed E-state index contributed by atoms with van der Waals surface area (Å²) in [5.41, 5.74) is 1.33. The van der Waals surface area contributed by atoms with E-state index in [1.807, 2.05) is 40.1 Å². The molecule has 200 valence electrons. The van der Waals surface area contributed by atoms with Gasteiger partial charge in [0.2, 0.25) is 0 Å². The number of carbonyl (C=O) groups excluding carboxylic acids is 2. The fraction of sp³-hybridized carbons (Fsp3) is 0.516. The van der Waals surface area contributed by atoms with Gasteiger partial charge in [0, 0.05) is 25.0 Å². The Morgan fingerprint density at radius 1 is 1.00 bits per heavy atom. The molecule has 0 N–H and O–H groups in total. The Balaban J connectivity index is 1.40. The maximum Gasteiger partial charge on any atom is 0.321 e. The van der Waals surface area contributed by atoms with Crippen molar-refractivity contribution < 1.29 is 14.3 Å². The minimum absolute atomic E-state index is 0.00409. The number of benzene rings is 2. The number of methoxy groups -OCH3 is 1. The lowest BCUT2D eigenvalue weighted by Gasteiger charge is -2.51. The van der Waals surface area contributed by atoms with E-state index in [0.29, 0.717) is 13.1 Å². The zero-order valence-electron chi connectivity index (χ0n) is 22.8. The molecule has 3 aliphatic rings. The molecule has 0 bridgehead atoms. The topological polar surface area (TPSA) is 76.9 Å². The van der Waals surface area contributed by atoms with Gasteiger partial charge >= 0.3 is 6.03 Å². The molecular weight excluding hydrogens is 476 g/mol. The molecule has 2 amide bonds. The van der Waals surface area contributed by atoms with Crippen LogP contribution < -0.4 is 4.74 Å². The highest BCUT2D eigenvalue weighted by Gasteiger charge is 2.55. The Hall–Kier alpha value is -3.37. The zero-order valence-corrected chi connectivity index (χ0v) is 22.8. The van der Waals surface area contributed by atoms with E-state index in [4.69, 9.17) is 4.74 Å². The first-order valence-electron chi connectivity index (χ1n) is 13.6. The number of ether oxygens (including phenoxy) is 1. The molecule has 0 radical (unpaired) electrons. The Bertz CT molecular complexity index is 1210. The zero-order chi connectivity index (χ0) is 27.0. The molecule has 5 rings (SSSR count). The van der Waals surface area contributed by atoms with Crippen LogP contribution in [0, 0.1) is 16.7 Å². The lowest BCUT2D eigenvalue weighted by Crippen LogP contribution is -2.56. The van der Waals surface area contributed by atoms with Crippen LogP contribution in [0.25, 0.3) is 0 Å². The monoisotopic (exact) mass is 514 g/mol. The summed E-state index contributed by atoms with van der Waals surface area (Å²) >= 11 is 0. The smallest absolute Gasteiger partial charge is 0.321 e. The Labute approximate surface area is 226 Å². The van der Waals surface area contributed by atoms with Crippen molar-refractivity contribution in [2.75, 3.05) is 34.3 Å². The summed E-state index contributed by atoms with van der Waals surface area (Å²) in [6.07, 6.45) is 5.25. The average Bonchev–Trinajstić information content (AvgIpc) is 3.67. The van der Waals surface area contributed by atoms with E-state index in [2.05, 4.69) is 49.3 Å². The molecule has 3 fully saturated rings. The molecule has 2 aliphatic carbocycles. The second-order valence-electron chi connectivity index (χ2n) is 11.7. The molecular formula is C31H38N4O3. The molecule has 7 nitrogen and oxygen atoms in total. The van der Waals surface area contributed by atoms with E-state index < -0.39 is 11.0 Å². The molecule has 38 heavy (non-hydrogen) atoms. The van der Waals surface area contributed by atoms with Crippen LogP contribution in [-0.4, -0.2) is 66.3 Å². The predicted molar refractivity (Wildman–Crippen MR) is 145 cm³/mol. The molecule has 1 saturated heterocycles. The average molecular weight is 515 g/mol. The number of hydrogen-bond donors (Lipinski definition) is 0. The SMILES string of the molecule is COc1ccc(CN2CC3(CCC(c4ccccc4)(N(C)C)CC3)N(CC(=O)CC3(C#N)CC3)C2=O)cc1. The number of carbonyl (C=O) groups is 2. The second-order valence-corrected chi connectivity index (χ2v) is 11.7. The summed E-state index contributed by atoms with van der Waals surface area (Å²) in [6, 6.07) is 20.7. The van der Waals surface area contributed by atoms with Gasteiger partial charge < -0.3 is 14.5 Å². The van der Waals surface area contributed by atoms with Gasteiger partial charge in [-0.1, -0.05) is 42.5 Å². The van der Waals surface area contributed by atoms with Crippen molar-refractivity contribution in [3.05, 3.63) is 65.7 Å². The van der Waals surface area contributed by atoms with Crippen molar-refractivity contribution in [1.29, 1.82) is 5.26 Å². The Morgan fingerprint density at radius 3 is 2.21 bits per heavy atom. The van der Waals surface area contributed by atoms with Gasteiger partial charge in [-0.2, -0.15) is 5.26 Å². The molecule has 1 spiro atoms. The third-order valence-electron chi connectivity index (χ3n) is 9.23. The fourth-order valence-corrected chi connectivity index (χ4v) is 6.58. The van der Waals surface area contributed by atoms with Gasteiger partial charge in [0.05, 0.1) is 30.7 Å². The molecule has 7 heteroatoms. The summed E-state index contributed by atoms with van der Waals surface area (Å²) in [4.78, 5) is 33.1. The quantitative estimate of drug-likeness (QED) is 0.472. The largest absolute Gasteiger partial charge is 0.497 e. The summed E-state index contributed by atoms with van der Waals surface area (Å²) in [6.45, 7) is 1.18. The number of nitrogens with zero attached hydrogens (tertiary/aromatic N) is 4. The van der Waals surface area contributed by atoms with Crippen molar-refractivity contribution in [2.45, 2.75) is 62.6 Å². The molecule has 2 aromatic carbocycles. The van der Waals surface area contributed by atoms with E-state index in [1.165, 1.54) is 5.56 Å². The Morgan fingerprint density at radius 2 is 1.66 bits per heavy atom. The normalized spacial score (nSPS) is 26.0. The van der Waals surface area contributed by atoms with E-state index in [0.717, 1.165) is 49.8 Å². The van der Waals surface area contributed by atoms with Crippen LogP contribution in [0.2, 0.25) is 0 Å². The first kappa shape index (κ1) is 26.2. The van der Waals surface area contributed by atoms with Gasteiger partial charge in [-0.15, -0.1) is 0 Å². The molecule has 2 aromatic rings. The van der Waals surface area contributed by atoms with Gasteiger partial charge in [0.25, 0.3) is 0 Å². The molecule has 1 heterocycles. The van der Waals surface area contributed by atoms with E-state index in [-0.39, 0.29) is 30.3 Å². The molecule has 2 saturated carbocycles. The number of urea groups is 1. The maximum absolute atomic E-state index is 13.9. The first-order valence-corrected chi connectivity index (χ1v) is 13.6. The summed E-state index contributed by atoms with van der Waals surface area (Å²) in [5, 5.41) is 9.52. The molecule has 1 aliphatic heterocycles. The minimum Gasteiger partial charge on any atom is -0.497 e. The third-order valence-corrected chi connectivity index (χ3v) is 9.23. The third kappa shape index (κ3) is 4.78. The maximum atomic E-state index is 13.9. The van der Waals surface area contributed by atoms with Crippen LogP contribution in [0.1, 0.15) is 56.1 Å². The number of nitriles is 1. The molecule has 0 aromatic heterocycles. The highest BCUT2D eigenvalue weighted by molar-refractivity contribution is 5.88. The van der Waals surface area contributed by atoms with Crippen molar-refractivity contribution in [3.8, 4) is 11.8 Å². The van der Waals surface area contributed by atoms with Gasteiger partial charge in [0.1, 0.15) is 5.75 Å².